The Kier molecular flexibility index (Phi) is 6.67. The highest BCUT2D eigenvalue weighted by molar-refractivity contribution is 5.77. The summed E-state index contributed by atoms with van der Waals surface area (Å²) in [6.45, 7) is 2.90. The molecule has 0 aromatic rings. The van der Waals surface area contributed by atoms with E-state index in [0.717, 1.165) is 25.9 Å². The molecule has 0 unspecified atom stereocenters. The zero-order valence-electron chi connectivity index (χ0n) is 11.3. The van der Waals surface area contributed by atoms with E-state index in [1.807, 2.05) is 7.05 Å². The van der Waals surface area contributed by atoms with Crippen molar-refractivity contribution >= 4 is 11.8 Å². The maximum Gasteiger partial charge on any atom is 0.233 e. The summed E-state index contributed by atoms with van der Waals surface area (Å²) in [5.74, 6) is 0.153. The van der Waals surface area contributed by atoms with Gasteiger partial charge in [0.2, 0.25) is 11.8 Å². The highest BCUT2D eigenvalue weighted by Gasteiger charge is 2.21. The van der Waals surface area contributed by atoms with E-state index in [4.69, 9.17) is 0 Å². The molecule has 0 radical (unpaired) electrons. The molecule has 6 nitrogen and oxygen atoms in total. The van der Waals surface area contributed by atoms with Crippen molar-refractivity contribution < 1.29 is 9.59 Å². The molecule has 1 aliphatic heterocycles. The van der Waals surface area contributed by atoms with Crippen LogP contribution in [0.1, 0.15) is 19.3 Å². The van der Waals surface area contributed by atoms with Gasteiger partial charge in [-0.25, -0.2) is 0 Å². The Morgan fingerprint density at radius 2 is 1.83 bits per heavy atom. The van der Waals surface area contributed by atoms with Crippen molar-refractivity contribution in [3.8, 4) is 0 Å². The van der Waals surface area contributed by atoms with E-state index in [1.165, 1.54) is 0 Å². The number of hydrogen-bond acceptors (Lipinski definition) is 4. The molecule has 0 aromatic heterocycles. The monoisotopic (exact) mass is 256 g/mol. The van der Waals surface area contributed by atoms with Crippen LogP contribution in [0, 0.1) is 0 Å². The molecule has 0 bridgehead atoms. The molecule has 3 N–H and O–H groups in total. The van der Waals surface area contributed by atoms with Gasteiger partial charge in [0.05, 0.1) is 6.54 Å². The van der Waals surface area contributed by atoms with Gasteiger partial charge in [-0.05, 0) is 19.9 Å². The normalized spacial score (nSPS) is 17.4. The molecule has 0 aliphatic carbocycles. The Morgan fingerprint density at radius 3 is 2.39 bits per heavy atom. The Labute approximate surface area is 108 Å². The fraction of sp³-hybridized carbons (Fsp3) is 0.833. The molecule has 0 saturated carbocycles. The number of likely N-dealkylation sites (tertiary alicyclic amines) is 1. The highest BCUT2D eigenvalue weighted by Crippen LogP contribution is 2.09. The third-order valence-electron chi connectivity index (χ3n) is 3.20. The summed E-state index contributed by atoms with van der Waals surface area (Å²) >= 11 is 0. The second-order valence-corrected chi connectivity index (χ2v) is 4.64. The van der Waals surface area contributed by atoms with Crippen molar-refractivity contribution in [2.75, 3.05) is 40.3 Å². The zero-order chi connectivity index (χ0) is 13.4. The molecule has 2 amide bonds. The average molecular weight is 256 g/mol. The van der Waals surface area contributed by atoms with Crippen molar-refractivity contribution in [3.63, 3.8) is 0 Å². The number of piperidine rings is 1. The summed E-state index contributed by atoms with van der Waals surface area (Å²) in [4.78, 5) is 24.9. The van der Waals surface area contributed by atoms with Crippen LogP contribution in [0.15, 0.2) is 0 Å². The van der Waals surface area contributed by atoms with E-state index < -0.39 is 0 Å². The van der Waals surface area contributed by atoms with E-state index in [2.05, 4.69) is 20.9 Å². The van der Waals surface area contributed by atoms with E-state index in [9.17, 15) is 9.59 Å². The quantitative estimate of drug-likeness (QED) is 0.565. The smallest absolute Gasteiger partial charge is 0.233 e. The number of likely N-dealkylation sites (N-methyl/N-ethyl adjacent to an activating group) is 1. The van der Waals surface area contributed by atoms with Crippen LogP contribution in [-0.4, -0.2) is 63.0 Å². The third-order valence-corrected chi connectivity index (χ3v) is 3.20. The molecule has 0 aromatic carbocycles. The largest absolute Gasteiger partial charge is 0.358 e. The first-order chi connectivity index (χ1) is 8.65. The molecule has 6 heteroatoms. The lowest BCUT2D eigenvalue weighted by Crippen LogP contribution is -2.47. The van der Waals surface area contributed by atoms with Gasteiger partial charge in [-0.2, -0.15) is 0 Å². The lowest BCUT2D eigenvalue weighted by atomic mass is 10.0. The van der Waals surface area contributed by atoms with Gasteiger partial charge >= 0.3 is 0 Å². The molecular weight excluding hydrogens is 232 g/mol. The van der Waals surface area contributed by atoms with Gasteiger partial charge in [0.1, 0.15) is 0 Å². The standard InChI is InChI=1S/C12H24N4O2/c1-13-6-3-11(17)15-10-4-7-16(8-5-10)9-12(18)14-2/h10,13H,3-9H2,1-2H3,(H,14,18)(H,15,17). The van der Waals surface area contributed by atoms with Crippen molar-refractivity contribution in [1.82, 2.24) is 20.9 Å². The summed E-state index contributed by atoms with van der Waals surface area (Å²) in [6.07, 6.45) is 2.36. The average Bonchev–Trinajstić information content (AvgIpc) is 2.38. The van der Waals surface area contributed by atoms with Crippen LogP contribution in [-0.2, 0) is 9.59 Å². The number of nitrogens with one attached hydrogen (secondary N) is 3. The number of rotatable bonds is 6. The SMILES string of the molecule is CNCCC(=O)NC1CCN(CC(=O)NC)CC1. The van der Waals surface area contributed by atoms with E-state index in [-0.39, 0.29) is 17.9 Å². The van der Waals surface area contributed by atoms with Crippen LogP contribution >= 0.6 is 0 Å². The zero-order valence-corrected chi connectivity index (χ0v) is 11.3. The van der Waals surface area contributed by atoms with Crippen molar-refractivity contribution in [2.45, 2.75) is 25.3 Å². The lowest BCUT2D eigenvalue weighted by molar-refractivity contribution is -0.123. The summed E-state index contributed by atoms with van der Waals surface area (Å²) in [7, 11) is 3.49. The number of hydrogen-bond donors (Lipinski definition) is 3. The minimum Gasteiger partial charge on any atom is -0.358 e. The number of amides is 2. The predicted octanol–water partition coefficient (Wildman–Crippen LogP) is -1.08. The molecule has 1 heterocycles. The fourth-order valence-corrected chi connectivity index (χ4v) is 2.06. The summed E-state index contributed by atoms with van der Waals surface area (Å²) < 4.78 is 0. The first kappa shape index (κ1) is 14.9. The highest BCUT2D eigenvalue weighted by atomic mass is 16.2. The number of nitrogens with zero attached hydrogens (tertiary/aromatic N) is 1. The van der Waals surface area contributed by atoms with Gasteiger partial charge in [-0.15, -0.1) is 0 Å². The van der Waals surface area contributed by atoms with Crippen LogP contribution in [0.4, 0.5) is 0 Å². The molecule has 1 rings (SSSR count). The molecule has 1 fully saturated rings. The van der Waals surface area contributed by atoms with Gasteiger partial charge in [-0.1, -0.05) is 0 Å². The minimum absolute atomic E-state index is 0.0477. The molecule has 1 aliphatic rings. The van der Waals surface area contributed by atoms with Gasteiger partial charge in [-0.3, -0.25) is 14.5 Å². The first-order valence-corrected chi connectivity index (χ1v) is 6.52. The van der Waals surface area contributed by atoms with Crippen LogP contribution in [0.5, 0.6) is 0 Å². The maximum atomic E-state index is 11.5. The fourth-order valence-electron chi connectivity index (χ4n) is 2.06. The summed E-state index contributed by atoms with van der Waals surface area (Å²) in [5.41, 5.74) is 0. The van der Waals surface area contributed by atoms with Crippen molar-refractivity contribution in [2.24, 2.45) is 0 Å². The van der Waals surface area contributed by atoms with Crippen LogP contribution in [0.25, 0.3) is 0 Å². The van der Waals surface area contributed by atoms with Crippen LogP contribution in [0.3, 0.4) is 0 Å². The summed E-state index contributed by atoms with van der Waals surface area (Å²) in [5, 5.41) is 8.61. The van der Waals surface area contributed by atoms with Gasteiger partial charge in [0.15, 0.2) is 0 Å². The minimum atomic E-state index is 0.0477. The van der Waals surface area contributed by atoms with Crippen LogP contribution < -0.4 is 16.0 Å². The van der Waals surface area contributed by atoms with Gasteiger partial charge in [0.25, 0.3) is 0 Å². The van der Waals surface area contributed by atoms with E-state index >= 15 is 0 Å². The molecule has 1 saturated heterocycles. The molecule has 104 valence electrons. The lowest BCUT2D eigenvalue weighted by Gasteiger charge is -2.31. The maximum absolute atomic E-state index is 11.5. The summed E-state index contributed by atoms with van der Waals surface area (Å²) in [6, 6.07) is 0.260. The molecule has 18 heavy (non-hydrogen) atoms. The molecule has 0 spiro atoms. The third kappa shape index (κ3) is 5.46. The molecule has 0 atom stereocenters. The van der Waals surface area contributed by atoms with E-state index in [1.54, 1.807) is 7.05 Å². The second kappa shape index (κ2) is 8.05. The Hall–Kier alpha value is -1.14. The predicted molar refractivity (Wildman–Crippen MR) is 70.2 cm³/mol. The van der Waals surface area contributed by atoms with Crippen molar-refractivity contribution in [3.05, 3.63) is 0 Å². The second-order valence-electron chi connectivity index (χ2n) is 4.64. The Bertz CT molecular complexity index is 275. The van der Waals surface area contributed by atoms with E-state index in [0.29, 0.717) is 19.5 Å². The first-order valence-electron chi connectivity index (χ1n) is 6.52. The number of carbonyl (C=O) groups excluding carboxylic acids is 2. The van der Waals surface area contributed by atoms with Crippen LogP contribution in [0.2, 0.25) is 0 Å². The van der Waals surface area contributed by atoms with Crippen molar-refractivity contribution in [1.29, 1.82) is 0 Å². The Morgan fingerprint density at radius 1 is 1.17 bits per heavy atom. The number of carbonyl (C=O) groups is 2. The Balaban J connectivity index is 2.18. The molecular formula is C12H24N4O2. The topological polar surface area (TPSA) is 73.5 Å². The van der Waals surface area contributed by atoms with Gasteiger partial charge in [0, 0.05) is 39.1 Å². The van der Waals surface area contributed by atoms with Gasteiger partial charge < -0.3 is 16.0 Å².